The van der Waals surface area contributed by atoms with E-state index in [4.69, 9.17) is 30.6 Å². The molecule has 2 saturated heterocycles. The fourth-order valence-corrected chi connectivity index (χ4v) is 5.11. The van der Waals surface area contributed by atoms with Crippen molar-refractivity contribution >= 4 is 40.5 Å². The van der Waals surface area contributed by atoms with Crippen LogP contribution in [0.4, 0.5) is 17.1 Å². The first-order valence-corrected chi connectivity index (χ1v) is 11.8. The summed E-state index contributed by atoms with van der Waals surface area (Å²) in [5, 5.41) is 13.2. The van der Waals surface area contributed by atoms with Crippen molar-refractivity contribution in [2.45, 2.75) is 12.1 Å². The molecule has 196 valence electrons. The Balaban J connectivity index is 1.68. The van der Waals surface area contributed by atoms with Gasteiger partial charge in [-0.1, -0.05) is 23.7 Å². The Labute approximate surface area is 222 Å². The van der Waals surface area contributed by atoms with Crippen LogP contribution in [0.2, 0.25) is 5.02 Å². The van der Waals surface area contributed by atoms with Gasteiger partial charge in [0.2, 0.25) is 11.7 Å². The maximum Gasteiger partial charge on any atom is 0.271 e. The standard InChI is InChI=1S/C26H22ClN3O8/c1-35-19-11-10-18(22(36-2)23(19)37-3)21-20-24(38-29(21)16-8-5-9-17(13-16)30(33)34)26(32)28(25(20)31)15-7-4-6-14(27)12-15/h4-13,20-21,24H,1-3H3/t20-,21+,24+/m1/s1. The molecular formula is C26H22ClN3O8. The van der Waals surface area contributed by atoms with Gasteiger partial charge in [0.1, 0.15) is 12.0 Å². The second kappa shape index (κ2) is 9.84. The second-order valence-corrected chi connectivity index (χ2v) is 8.95. The monoisotopic (exact) mass is 539 g/mol. The highest BCUT2D eigenvalue weighted by molar-refractivity contribution is 6.31. The average molecular weight is 540 g/mol. The molecule has 3 atom stereocenters. The normalized spacial score (nSPS) is 20.5. The van der Waals surface area contributed by atoms with Crippen molar-refractivity contribution in [1.82, 2.24) is 0 Å². The molecule has 0 saturated carbocycles. The van der Waals surface area contributed by atoms with E-state index < -0.39 is 34.8 Å². The van der Waals surface area contributed by atoms with Gasteiger partial charge in [-0.05, 0) is 36.4 Å². The number of ether oxygens (including phenoxy) is 3. The predicted octanol–water partition coefficient (Wildman–Crippen LogP) is 4.33. The van der Waals surface area contributed by atoms with Crippen LogP contribution >= 0.6 is 11.6 Å². The number of halogens is 1. The van der Waals surface area contributed by atoms with Gasteiger partial charge in [0.15, 0.2) is 17.6 Å². The third-order valence-corrected chi connectivity index (χ3v) is 6.77. The molecule has 2 fully saturated rings. The van der Waals surface area contributed by atoms with Crippen LogP contribution in [0.25, 0.3) is 0 Å². The summed E-state index contributed by atoms with van der Waals surface area (Å²) < 4.78 is 16.6. The van der Waals surface area contributed by atoms with Crippen molar-refractivity contribution in [3.05, 3.63) is 81.4 Å². The lowest BCUT2D eigenvalue weighted by Crippen LogP contribution is -2.37. The molecule has 11 nitrogen and oxygen atoms in total. The number of hydroxylamine groups is 1. The summed E-state index contributed by atoms with van der Waals surface area (Å²) in [6.45, 7) is 0. The zero-order chi connectivity index (χ0) is 27.1. The summed E-state index contributed by atoms with van der Waals surface area (Å²) in [6, 6.07) is 14.5. The van der Waals surface area contributed by atoms with Gasteiger partial charge in [-0.2, -0.15) is 0 Å². The number of anilines is 2. The van der Waals surface area contributed by atoms with Crippen LogP contribution in [0.3, 0.4) is 0 Å². The highest BCUT2D eigenvalue weighted by atomic mass is 35.5. The molecule has 0 N–H and O–H groups in total. The number of fused-ring (bicyclic) bond motifs is 1. The summed E-state index contributed by atoms with van der Waals surface area (Å²) >= 11 is 6.12. The Morgan fingerprint density at radius 3 is 2.26 bits per heavy atom. The number of nitro benzene ring substituents is 1. The maximum atomic E-state index is 13.9. The second-order valence-electron chi connectivity index (χ2n) is 8.51. The highest BCUT2D eigenvalue weighted by Crippen LogP contribution is 2.53. The first-order valence-electron chi connectivity index (χ1n) is 11.4. The number of nitrogens with zero attached hydrogens (tertiary/aromatic N) is 3. The number of amides is 2. The first-order chi connectivity index (χ1) is 18.3. The number of nitro groups is 1. The SMILES string of the molecule is COc1ccc([C@H]2[C@H]3C(=O)N(c4cccc(Cl)c4)C(=O)[C@H]3ON2c2cccc([N+](=O)[O-])c2)c(OC)c1OC. The minimum atomic E-state index is -1.21. The molecule has 2 aliphatic rings. The number of benzene rings is 3. The van der Waals surface area contributed by atoms with Gasteiger partial charge in [-0.3, -0.25) is 24.5 Å². The molecule has 0 aromatic heterocycles. The summed E-state index contributed by atoms with van der Waals surface area (Å²) in [5.41, 5.74) is 0.869. The Morgan fingerprint density at radius 1 is 0.895 bits per heavy atom. The van der Waals surface area contributed by atoms with E-state index >= 15 is 0 Å². The van der Waals surface area contributed by atoms with E-state index in [9.17, 15) is 19.7 Å². The summed E-state index contributed by atoms with van der Waals surface area (Å²) in [7, 11) is 4.36. The van der Waals surface area contributed by atoms with Crippen molar-refractivity contribution in [3.8, 4) is 17.2 Å². The van der Waals surface area contributed by atoms with Crippen LogP contribution in [0.5, 0.6) is 17.2 Å². The maximum absolute atomic E-state index is 13.9. The lowest BCUT2D eigenvalue weighted by Gasteiger charge is -2.30. The molecule has 38 heavy (non-hydrogen) atoms. The Hall–Kier alpha value is -4.35. The number of hydrogen-bond acceptors (Lipinski definition) is 9. The van der Waals surface area contributed by atoms with E-state index in [0.717, 1.165) is 4.90 Å². The zero-order valence-corrected chi connectivity index (χ0v) is 21.2. The molecule has 0 bridgehead atoms. The summed E-state index contributed by atoms with van der Waals surface area (Å²) in [5.74, 6) is -1.19. The molecule has 0 aliphatic carbocycles. The van der Waals surface area contributed by atoms with Crippen LogP contribution in [0, 0.1) is 16.0 Å². The fourth-order valence-electron chi connectivity index (χ4n) is 4.92. The van der Waals surface area contributed by atoms with Gasteiger partial charge in [-0.15, -0.1) is 0 Å². The van der Waals surface area contributed by atoms with Gasteiger partial charge in [-0.25, -0.2) is 9.96 Å². The van der Waals surface area contributed by atoms with E-state index in [2.05, 4.69) is 0 Å². The molecule has 0 unspecified atom stereocenters. The number of non-ortho nitro benzene ring substituents is 1. The fraction of sp³-hybridized carbons (Fsp3) is 0.231. The van der Waals surface area contributed by atoms with E-state index in [0.29, 0.717) is 22.0 Å². The molecule has 2 heterocycles. The Morgan fingerprint density at radius 2 is 1.61 bits per heavy atom. The molecule has 0 spiro atoms. The quantitative estimate of drug-likeness (QED) is 0.245. The third kappa shape index (κ3) is 3.96. The number of hydrogen-bond donors (Lipinski definition) is 0. The van der Waals surface area contributed by atoms with Crippen molar-refractivity contribution in [2.75, 3.05) is 31.3 Å². The summed E-state index contributed by atoms with van der Waals surface area (Å²) in [6.07, 6.45) is -1.21. The lowest BCUT2D eigenvalue weighted by molar-refractivity contribution is -0.384. The molecular weight excluding hydrogens is 518 g/mol. The molecule has 12 heteroatoms. The number of imide groups is 1. The van der Waals surface area contributed by atoms with Crippen LogP contribution in [0.1, 0.15) is 11.6 Å². The van der Waals surface area contributed by atoms with Gasteiger partial charge in [0.05, 0.1) is 37.6 Å². The number of carbonyl (C=O) groups excluding carboxylic acids is 2. The van der Waals surface area contributed by atoms with Gasteiger partial charge >= 0.3 is 0 Å². The van der Waals surface area contributed by atoms with Crippen LogP contribution < -0.4 is 24.2 Å². The van der Waals surface area contributed by atoms with Gasteiger partial charge in [0.25, 0.3) is 11.6 Å². The molecule has 0 radical (unpaired) electrons. The minimum absolute atomic E-state index is 0.181. The van der Waals surface area contributed by atoms with Crippen molar-refractivity contribution in [2.24, 2.45) is 5.92 Å². The first kappa shape index (κ1) is 25.3. The summed E-state index contributed by atoms with van der Waals surface area (Å²) in [4.78, 5) is 45.5. The largest absolute Gasteiger partial charge is 0.493 e. The van der Waals surface area contributed by atoms with Gasteiger partial charge in [0, 0.05) is 22.7 Å². The lowest BCUT2D eigenvalue weighted by atomic mass is 9.89. The van der Waals surface area contributed by atoms with Crippen molar-refractivity contribution in [1.29, 1.82) is 0 Å². The average Bonchev–Trinajstić information content (AvgIpc) is 3.43. The van der Waals surface area contributed by atoms with Crippen LogP contribution in [0.15, 0.2) is 60.7 Å². The topological polar surface area (TPSA) is 121 Å². The molecule has 3 aromatic rings. The number of rotatable bonds is 7. The molecule has 5 rings (SSSR count). The van der Waals surface area contributed by atoms with Crippen molar-refractivity contribution < 1.29 is 33.6 Å². The van der Waals surface area contributed by atoms with Crippen LogP contribution in [-0.4, -0.2) is 44.2 Å². The van der Waals surface area contributed by atoms with E-state index in [1.54, 1.807) is 36.4 Å². The van der Waals surface area contributed by atoms with E-state index in [-0.39, 0.29) is 22.9 Å². The number of methoxy groups -OCH3 is 3. The number of carbonyl (C=O) groups is 2. The molecule has 3 aromatic carbocycles. The van der Waals surface area contributed by atoms with E-state index in [1.165, 1.54) is 50.7 Å². The highest BCUT2D eigenvalue weighted by Gasteiger charge is 2.61. The Bertz CT molecular complexity index is 1450. The molecule has 2 aliphatic heterocycles. The van der Waals surface area contributed by atoms with E-state index in [1.807, 2.05) is 0 Å². The molecule has 2 amide bonds. The van der Waals surface area contributed by atoms with Crippen molar-refractivity contribution in [3.63, 3.8) is 0 Å². The smallest absolute Gasteiger partial charge is 0.271 e. The van der Waals surface area contributed by atoms with Crippen LogP contribution in [-0.2, 0) is 14.4 Å². The Kier molecular flexibility index (Phi) is 6.55. The van der Waals surface area contributed by atoms with Gasteiger partial charge < -0.3 is 14.2 Å². The minimum Gasteiger partial charge on any atom is -0.493 e. The predicted molar refractivity (Wildman–Crippen MR) is 137 cm³/mol. The zero-order valence-electron chi connectivity index (χ0n) is 20.5. The third-order valence-electron chi connectivity index (χ3n) is 6.53.